The molecular weight excluding hydrogens is 768 g/mol. The maximum Gasteiger partial charge on any atom is 0.403 e. The molecule has 1 unspecified atom stereocenters. The molecule has 0 radical (unpaired) electrons. The number of methoxy groups -OCH3 is 1. The molecule has 3 amide bonds. The van der Waals surface area contributed by atoms with Gasteiger partial charge in [0.2, 0.25) is 11.8 Å². The van der Waals surface area contributed by atoms with E-state index in [9.17, 15) is 32.3 Å². The number of rotatable bonds is 12. The van der Waals surface area contributed by atoms with Crippen molar-refractivity contribution in [2.24, 2.45) is 16.7 Å². The Morgan fingerprint density at radius 3 is 2.25 bits per heavy atom. The third kappa shape index (κ3) is 8.44. The number of carbonyl (C=O) groups excluding carboxylic acids is 4. The van der Waals surface area contributed by atoms with E-state index >= 15 is 0 Å². The average Bonchev–Trinajstić information content (AvgIpc) is 3.80. The molecule has 2 aromatic carbocycles. The van der Waals surface area contributed by atoms with Gasteiger partial charge in [0.1, 0.15) is 17.8 Å². The molecule has 1 atom stereocenters. The summed E-state index contributed by atoms with van der Waals surface area (Å²) < 4.78 is 60.9. The molecule has 5 aliphatic rings. The van der Waals surface area contributed by atoms with Gasteiger partial charge in [0.25, 0.3) is 5.91 Å². The molecule has 2 aliphatic carbocycles. The summed E-state index contributed by atoms with van der Waals surface area (Å²) in [6, 6.07) is 15.2. The van der Waals surface area contributed by atoms with Crippen molar-refractivity contribution in [2.45, 2.75) is 82.5 Å². The van der Waals surface area contributed by atoms with Gasteiger partial charge in [0, 0.05) is 56.8 Å². The maximum atomic E-state index is 13.9. The molecule has 1 aromatic heterocycles. The topological polar surface area (TPSA) is 124 Å². The molecule has 4 heterocycles. The van der Waals surface area contributed by atoms with Crippen molar-refractivity contribution in [1.82, 2.24) is 24.5 Å². The fraction of sp³-hybridized carbons (Fsp3) is 0.568. The third-order valence-electron chi connectivity index (χ3n) is 13.3. The summed E-state index contributed by atoms with van der Waals surface area (Å²) in [5.74, 6) is -1.20. The first kappa shape index (κ1) is 40.8. The number of hydrogen-bond donors (Lipinski definition) is 0. The van der Waals surface area contributed by atoms with Gasteiger partial charge >= 0.3 is 12.1 Å². The van der Waals surface area contributed by atoms with Crippen molar-refractivity contribution < 1.29 is 46.6 Å². The SMILES string of the molecule is COC(=O)c1ccc(C2CCN(C(=O)COCC3CN(C(=O)c4cnn(Cc5ccccc5)c4)CC34CN(C(=O)C3(C(F)(F)F)CC3)C4)CC2)c(OC2CCCCC2)c1. The van der Waals surface area contributed by atoms with E-state index in [0.717, 1.165) is 36.8 Å². The van der Waals surface area contributed by atoms with Gasteiger partial charge in [-0.3, -0.25) is 19.1 Å². The zero-order valence-corrected chi connectivity index (χ0v) is 33.5. The second kappa shape index (κ2) is 16.6. The molecule has 316 valence electrons. The number of hydrogen-bond acceptors (Lipinski definition) is 8. The Hall–Kier alpha value is -4.92. The molecule has 59 heavy (non-hydrogen) atoms. The zero-order valence-electron chi connectivity index (χ0n) is 33.5. The van der Waals surface area contributed by atoms with E-state index in [1.54, 1.807) is 32.8 Å². The van der Waals surface area contributed by atoms with Gasteiger partial charge in [-0.25, -0.2) is 4.79 Å². The van der Waals surface area contributed by atoms with E-state index in [1.165, 1.54) is 24.6 Å². The van der Waals surface area contributed by atoms with Gasteiger partial charge in [-0.2, -0.15) is 18.3 Å². The largest absolute Gasteiger partial charge is 0.490 e. The van der Waals surface area contributed by atoms with Crippen LogP contribution in [0.2, 0.25) is 0 Å². The molecule has 12 nitrogen and oxygen atoms in total. The van der Waals surface area contributed by atoms with Gasteiger partial charge in [0.15, 0.2) is 0 Å². The molecule has 3 aliphatic heterocycles. The van der Waals surface area contributed by atoms with E-state index in [1.807, 2.05) is 36.4 Å². The number of alkyl halides is 3. The van der Waals surface area contributed by atoms with Crippen LogP contribution in [0, 0.1) is 16.7 Å². The highest BCUT2D eigenvalue weighted by Gasteiger charge is 2.71. The number of esters is 1. The Labute approximate surface area is 341 Å². The lowest BCUT2D eigenvalue weighted by atomic mass is 9.71. The first-order valence-electron chi connectivity index (χ1n) is 20.8. The molecule has 1 spiro atoms. The fourth-order valence-corrected chi connectivity index (χ4v) is 9.59. The first-order valence-corrected chi connectivity index (χ1v) is 20.8. The Morgan fingerprint density at radius 2 is 1.58 bits per heavy atom. The second-order valence-corrected chi connectivity index (χ2v) is 17.2. The van der Waals surface area contributed by atoms with Crippen LogP contribution in [0.15, 0.2) is 60.9 Å². The fourth-order valence-electron chi connectivity index (χ4n) is 9.59. The molecule has 2 saturated carbocycles. The summed E-state index contributed by atoms with van der Waals surface area (Å²) in [6.45, 7) is 2.14. The van der Waals surface area contributed by atoms with Crippen LogP contribution in [-0.4, -0.2) is 120 Å². The van der Waals surface area contributed by atoms with Crippen molar-refractivity contribution in [1.29, 1.82) is 0 Å². The van der Waals surface area contributed by atoms with Crippen molar-refractivity contribution in [2.75, 3.05) is 59.6 Å². The van der Waals surface area contributed by atoms with Crippen LogP contribution in [0.5, 0.6) is 5.75 Å². The number of aromatic nitrogens is 2. The highest BCUT2D eigenvalue weighted by molar-refractivity contribution is 5.94. The molecule has 3 aromatic rings. The molecule has 15 heteroatoms. The minimum absolute atomic E-state index is 0.0866. The van der Waals surface area contributed by atoms with Crippen molar-refractivity contribution >= 4 is 23.7 Å². The molecule has 8 rings (SSSR count). The highest BCUT2D eigenvalue weighted by Crippen LogP contribution is 2.60. The number of amides is 3. The Kier molecular flexibility index (Phi) is 11.5. The Bertz CT molecular complexity index is 2020. The monoisotopic (exact) mass is 819 g/mol. The van der Waals surface area contributed by atoms with E-state index < -0.39 is 28.9 Å². The molecule has 0 N–H and O–H groups in total. The highest BCUT2D eigenvalue weighted by atomic mass is 19.4. The van der Waals surface area contributed by atoms with Crippen LogP contribution in [0.1, 0.15) is 95.5 Å². The summed E-state index contributed by atoms with van der Waals surface area (Å²) in [5.41, 5.74) is -0.0836. The maximum absolute atomic E-state index is 13.9. The smallest absolute Gasteiger partial charge is 0.403 e. The lowest BCUT2D eigenvalue weighted by molar-refractivity contribution is -0.205. The second-order valence-electron chi connectivity index (χ2n) is 17.2. The van der Waals surface area contributed by atoms with Crippen molar-refractivity contribution in [3.63, 3.8) is 0 Å². The summed E-state index contributed by atoms with van der Waals surface area (Å²) in [7, 11) is 1.36. The normalized spacial score (nSPS) is 21.6. The molecule has 0 bridgehead atoms. The predicted molar refractivity (Wildman–Crippen MR) is 209 cm³/mol. The number of benzene rings is 2. The van der Waals surface area contributed by atoms with E-state index in [0.29, 0.717) is 49.4 Å². The van der Waals surface area contributed by atoms with Crippen LogP contribution in [0.25, 0.3) is 0 Å². The number of ether oxygens (including phenoxy) is 3. The Balaban J connectivity index is 0.888. The molecule has 5 fully saturated rings. The summed E-state index contributed by atoms with van der Waals surface area (Å²) in [6.07, 6.45) is 5.05. The van der Waals surface area contributed by atoms with E-state index in [-0.39, 0.29) is 82.0 Å². The summed E-state index contributed by atoms with van der Waals surface area (Å²) in [5, 5.41) is 4.38. The van der Waals surface area contributed by atoms with Gasteiger partial charge in [-0.05, 0) is 80.5 Å². The molecule has 3 saturated heterocycles. The number of carbonyl (C=O) groups is 4. The third-order valence-corrected chi connectivity index (χ3v) is 13.3. The van der Waals surface area contributed by atoms with Crippen molar-refractivity contribution in [3.05, 3.63) is 83.2 Å². The Morgan fingerprint density at radius 1 is 0.864 bits per heavy atom. The van der Waals surface area contributed by atoms with Crippen LogP contribution < -0.4 is 4.74 Å². The van der Waals surface area contributed by atoms with Crippen LogP contribution in [-0.2, 0) is 25.6 Å². The zero-order chi connectivity index (χ0) is 41.4. The van der Waals surface area contributed by atoms with Crippen LogP contribution in [0.3, 0.4) is 0 Å². The first-order chi connectivity index (χ1) is 28.4. The quantitative estimate of drug-likeness (QED) is 0.201. The number of halogens is 3. The van der Waals surface area contributed by atoms with E-state index in [2.05, 4.69) is 5.10 Å². The van der Waals surface area contributed by atoms with Crippen LogP contribution >= 0.6 is 0 Å². The van der Waals surface area contributed by atoms with E-state index in [4.69, 9.17) is 14.2 Å². The lowest BCUT2D eigenvalue weighted by Crippen LogP contribution is -2.65. The minimum Gasteiger partial charge on any atom is -0.490 e. The lowest BCUT2D eigenvalue weighted by Gasteiger charge is -2.51. The van der Waals surface area contributed by atoms with Crippen molar-refractivity contribution in [3.8, 4) is 5.75 Å². The minimum atomic E-state index is -4.61. The van der Waals surface area contributed by atoms with Gasteiger partial charge in [0.05, 0.1) is 43.7 Å². The number of likely N-dealkylation sites (tertiary alicyclic amines) is 3. The predicted octanol–water partition coefficient (Wildman–Crippen LogP) is 6.10. The summed E-state index contributed by atoms with van der Waals surface area (Å²) in [4.78, 5) is 57.5. The molecular formula is C44H52F3N5O7. The number of nitrogens with zero attached hydrogens (tertiary/aromatic N) is 5. The standard InChI is InChI=1S/C44H52F3N5O7/c1-57-40(55)32-12-13-36(37(20-32)59-35-10-6-3-7-11-35)31-14-18-49(19-15-31)38(53)26-58-25-34-24-50(39(54)33-21-48-52(23-33)22-30-8-4-2-5-9-30)27-42(34)28-51(29-42)41(56)43(16-17-43)44(45,46)47/h2,4-5,8-9,12-13,20-21,23,31,34-35H,3,6-7,10-11,14-19,22,24-29H2,1H3. The average molecular weight is 820 g/mol. The van der Waals surface area contributed by atoms with Gasteiger partial charge in [-0.15, -0.1) is 0 Å². The number of piperidine rings is 1. The summed E-state index contributed by atoms with van der Waals surface area (Å²) >= 11 is 0. The van der Waals surface area contributed by atoms with Crippen LogP contribution in [0.4, 0.5) is 13.2 Å². The van der Waals surface area contributed by atoms with Gasteiger partial charge in [-0.1, -0.05) is 42.8 Å². The van der Waals surface area contributed by atoms with Gasteiger partial charge < -0.3 is 28.9 Å².